The first kappa shape index (κ1) is 17.8. The SMILES string of the molecule is COC(=O)[C@@]1(O)C[C@@H](OC(=O)c2ccccc2)[C@@H]2OC(C)(C)O[C@@H]2C1. The fourth-order valence-electron chi connectivity index (χ4n) is 3.45. The second-order valence-corrected chi connectivity index (χ2v) is 6.88. The van der Waals surface area contributed by atoms with Crippen molar-refractivity contribution in [3.63, 3.8) is 0 Å². The average molecular weight is 350 g/mol. The van der Waals surface area contributed by atoms with E-state index in [0.717, 1.165) is 0 Å². The van der Waals surface area contributed by atoms with E-state index in [1.54, 1.807) is 44.2 Å². The van der Waals surface area contributed by atoms with Crippen molar-refractivity contribution < 1.29 is 33.6 Å². The van der Waals surface area contributed by atoms with Crippen LogP contribution in [0.3, 0.4) is 0 Å². The lowest BCUT2D eigenvalue weighted by atomic mass is 9.79. The van der Waals surface area contributed by atoms with Gasteiger partial charge in [-0.25, -0.2) is 9.59 Å². The Morgan fingerprint density at radius 3 is 2.48 bits per heavy atom. The van der Waals surface area contributed by atoms with Gasteiger partial charge in [-0.3, -0.25) is 0 Å². The Hall–Kier alpha value is -1.96. The first-order valence-corrected chi connectivity index (χ1v) is 8.16. The van der Waals surface area contributed by atoms with E-state index in [-0.39, 0.29) is 12.8 Å². The van der Waals surface area contributed by atoms with Gasteiger partial charge < -0.3 is 24.1 Å². The molecule has 136 valence electrons. The largest absolute Gasteiger partial charge is 0.467 e. The van der Waals surface area contributed by atoms with Gasteiger partial charge in [-0.2, -0.15) is 0 Å². The van der Waals surface area contributed by atoms with Crippen molar-refractivity contribution in [2.45, 2.75) is 56.4 Å². The lowest BCUT2D eigenvalue weighted by molar-refractivity contribution is -0.179. The predicted octanol–water partition coefficient (Wildman–Crippen LogP) is 1.43. The zero-order valence-electron chi connectivity index (χ0n) is 14.4. The van der Waals surface area contributed by atoms with Crippen LogP contribution in [-0.4, -0.2) is 53.9 Å². The number of benzene rings is 1. The van der Waals surface area contributed by atoms with Gasteiger partial charge in [-0.05, 0) is 26.0 Å². The molecule has 1 aliphatic heterocycles. The molecule has 0 amide bonds. The maximum atomic E-state index is 12.4. The highest BCUT2D eigenvalue weighted by Crippen LogP contribution is 2.42. The molecule has 1 heterocycles. The van der Waals surface area contributed by atoms with Crippen molar-refractivity contribution in [3.05, 3.63) is 35.9 Å². The van der Waals surface area contributed by atoms with Gasteiger partial charge >= 0.3 is 11.9 Å². The zero-order valence-corrected chi connectivity index (χ0v) is 14.4. The summed E-state index contributed by atoms with van der Waals surface area (Å²) in [4.78, 5) is 24.4. The maximum absolute atomic E-state index is 12.4. The van der Waals surface area contributed by atoms with Crippen LogP contribution >= 0.6 is 0 Å². The van der Waals surface area contributed by atoms with Gasteiger partial charge in [0, 0.05) is 12.8 Å². The summed E-state index contributed by atoms with van der Waals surface area (Å²) in [5, 5.41) is 10.7. The van der Waals surface area contributed by atoms with Gasteiger partial charge in [0.05, 0.1) is 18.8 Å². The first-order valence-electron chi connectivity index (χ1n) is 8.16. The molecule has 7 heteroatoms. The van der Waals surface area contributed by atoms with Crippen LogP contribution in [0.4, 0.5) is 0 Å². The molecule has 1 saturated carbocycles. The molecule has 7 nitrogen and oxygen atoms in total. The second kappa shape index (κ2) is 6.40. The molecule has 25 heavy (non-hydrogen) atoms. The number of carbonyl (C=O) groups excluding carboxylic acids is 2. The summed E-state index contributed by atoms with van der Waals surface area (Å²) in [6, 6.07) is 8.50. The van der Waals surface area contributed by atoms with Crippen LogP contribution in [0.15, 0.2) is 30.3 Å². The number of esters is 2. The van der Waals surface area contributed by atoms with Gasteiger partial charge in [-0.15, -0.1) is 0 Å². The van der Waals surface area contributed by atoms with Crippen molar-refractivity contribution in [1.82, 2.24) is 0 Å². The van der Waals surface area contributed by atoms with Gasteiger partial charge in [0.2, 0.25) is 0 Å². The van der Waals surface area contributed by atoms with Gasteiger partial charge in [0.25, 0.3) is 0 Å². The lowest BCUT2D eigenvalue weighted by Crippen LogP contribution is -2.56. The standard InChI is InChI=1S/C18H22O7/c1-17(2)24-13-10-18(21,16(20)22-3)9-12(14(13)25-17)23-15(19)11-7-5-4-6-8-11/h4-8,12-14,21H,9-10H2,1-3H3/t12-,13-,14+,18-/m1/s1. The summed E-state index contributed by atoms with van der Waals surface area (Å²) in [5.41, 5.74) is -1.41. The molecule has 1 aromatic rings. The third-order valence-electron chi connectivity index (χ3n) is 4.50. The molecule has 0 radical (unpaired) electrons. The van der Waals surface area contributed by atoms with Crippen molar-refractivity contribution in [3.8, 4) is 0 Å². The van der Waals surface area contributed by atoms with E-state index in [0.29, 0.717) is 5.56 Å². The number of hydrogen-bond donors (Lipinski definition) is 1. The van der Waals surface area contributed by atoms with Crippen LogP contribution in [0, 0.1) is 0 Å². The van der Waals surface area contributed by atoms with E-state index >= 15 is 0 Å². The molecule has 4 atom stereocenters. The van der Waals surface area contributed by atoms with E-state index < -0.39 is 41.6 Å². The summed E-state index contributed by atoms with van der Waals surface area (Å²) < 4.78 is 21.9. The molecule has 0 bridgehead atoms. The minimum atomic E-state index is -1.79. The Balaban J connectivity index is 1.84. The number of ether oxygens (including phenoxy) is 4. The minimum Gasteiger partial charge on any atom is -0.467 e. The van der Waals surface area contributed by atoms with Gasteiger partial charge in [-0.1, -0.05) is 18.2 Å². The molecule has 0 aromatic heterocycles. The van der Waals surface area contributed by atoms with Crippen LogP contribution < -0.4 is 0 Å². The third-order valence-corrected chi connectivity index (χ3v) is 4.50. The quantitative estimate of drug-likeness (QED) is 0.825. The molecule has 1 aliphatic carbocycles. The van der Waals surface area contributed by atoms with Crippen molar-refractivity contribution in [2.24, 2.45) is 0 Å². The molecule has 2 aliphatic rings. The highest BCUT2D eigenvalue weighted by molar-refractivity contribution is 5.89. The minimum absolute atomic E-state index is 0.0210. The Morgan fingerprint density at radius 2 is 1.84 bits per heavy atom. The summed E-state index contributed by atoms with van der Waals surface area (Å²) >= 11 is 0. The molecule has 0 unspecified atom stereocenters. The van der Waals surface area contributed by atoms with Crippen LogP contribution in [0.5, 0.6) is 0 Å². The van der Waals surface area contributed by atoms with Crippen molar-refractivity contribution in [2.75, 3.05) is 7.11 Å². The van der Waals surface area contributed by atoms with Crippen molar-refractivity contribution in [1.29, 1.82) is 0 Å². The summed E-state index contributed by atoms with van der Waals surface area (Å²) in [6.45, 7) is 3.47. The first-order chi connectivity index (χ1) is 11.7. The number of carbonyl (C=O) groups is 2. The second-order valence-electron chi connectivity index (χ2n) is 6.88. The smallest absolute Gasteiger partial charge is 0.338 e. The molecule has 1 N–H and O–H groups in total. The van der Waals surface area contributed by atoms with E-state index in [4.69, 9.17) is 18.9 Å². The van der Waals surface area contributed by atoms with Crippen LogP contribution in [0.2, 0.25) is 0 Å². The number of hydrogen-bond acceptors (Lipinski definition) is 7. The Morgan fingerprint density at radius 1 is 1.16 bits per heavy atom. The fourth-order valence-corrected chi connectivity index (χ4v) is 3.45. The predicted molar refractivity (Wildman–Crippen MR) is 85.7 cm³/mol. The molecular formula is C18H22O7. The van der Waals surface area contributed by atoms with Crippen molar-refractivity contribution >= 4 is 11.9 Å². The zero-order chi connectivity index (χ0) is 18.2. The summed E-state index contributed by atoms with van der Waals surface area (Å²) in [5.74, 6) is -2.22. The van der Waals surface area contributed by atoms with E-state index in [1.807, 2.05) is 0 Å². The fraction of sp³-hybridized carbons (Fsp3) is 0.556. The van der Waals surface area contributed by atoms with Crippen LogP contribution in [0.25, 0.3) is 0 Å². The van der Waals surface area contributed by atoms with Crippen LogP contribution in [0.1, 0.15) is 37.0 Å². The topological polar surface area (TPSA) is 91.3 Å². The summed E-state index contributed by atoms with van der Waals surface area (Å²) in [6.07, 6.45) is -2.07. The number of rotatable bonds is 3. The molecule has 1 saturated heterocycles. The molecular weight excluding hydrogens is 328 g/mol. The molecule has 1 aromatic carbocycles. The van der Waals surface area contributed by atoms with E-state index in [9.17, 15) is 14.7 Å². The van der Waals surface area contributed by atoms with Gasteiger partial charge in [0.15, 0.2) is 11.4 Å². The maximum Gasteiger partial charge on any atom is 0.338 e. The Labute approximate surface area is 145 Å². The molecule has 2 fully saturated rings. The monoisotopic (exact) mass is 350 g/mol. The van der Waals surface area contributed by atoms with Crippen LogP contribution in [-0.2, 0) is 23.7 Å². The highest BCUT2D eigenvalue weighted by Gasteiger charge is 2.58. The Kier molecular flexibility index (Phi) is 4.57. The molecule has 0 spiro atoms. The molecule has 3 rings (SSSR count). The Bertz CT molecular complexity index is 657. The summed E-state index contributed by atoms with van der Waals surface area (Å²) in [7, 11) is 1.20. The number of aliphatic hydroxyl groups is 1. The number of methoxy groups -OCH3 is 1. The van der Waals surface area contributed by atoms with E-state index in [2.05, 4.69) is 0 Å². The lowest BCUT2D eigenvalue weighted by Gasteiger charge is -2.39. The third kappa shape index (κ3) is 3.53. The average Bonchev–Trinajstić information content (AvgIpc) is 2.88. The normalized spacial score (nSPS) is 33.4. The van der Waals surface area contributed by atoms with E-state index in [1.165, 1.54) is 7.11 Å². The highest BCUT2D eigenvalue weighted by atomic mass is 16.8. The number of fused-ring (bicyclic) bond motifs is 1. The van der Waals surface area contributed by atoms with Gasteiger partial charge in [0.1, 0.15) is 12.2 Å².